The first-order valence-electron chi connectivity index (χ1n) is 5.29. The largest absolute Gasteiger partial charge is 0.326 e. The number of amides is 1. The Bertz CT molecular complexity index is 516. The molecule has 2 aromatic rings. The van der Waals surface area contributed by atoms with Gasteiger partial charge in [-0.15, -0.1) is 0 Å². The zero-order valence-electron chi connectivity index (χ0n) is 9.55. The number of aromatic nitrogens is 2. The summed E-state index contributed by atoms with van der Waals surface area (Å²) >= 11 is 0. The summed E-state index contributed by atoms with van der Waals surface area (Å²) in [7, 11) is 1.73. The van der Waals surface area contributed by atoms with Crippen molar-refractivity contribution < 1.29 is 4.79 Å². The maximum Gasteiger partial charge on any atom is 0.273 e. The minimum Gasteiger partial charge on any atom is -0.326 e. The average Bonchev–Trinajstić information content (AvgIpc) is 2.76. The Kier molecular flexibility index (Phi) is 3.20. The van der Waals surface area contributed by atoms with Crippen molar-refractivity contribution in [1.82, 2.24) is 9.78 Å². The van der Waals surface area contributed by atoms with E-state index in [1.165, 1.54) is 4.68 Å². The summed E-state index contributed by atoms with van der Waals surface area (Å²) < 4.78 is 1.53. The van der Waals surface area contributed by atoms with Gasteiger partial charge in [0.25, 0.3) is 5.91 Å². The molecule has 0 atom stereocenters. The van der Waals surface area contributed by atoms with Gasteiger partial charge in [0.2, 0.25) is 0 Å². The zero-order valence-corrected chi connectivity index (χ0v) is 9.55. The van der Waals surface area contributed by atoms with Crippen LogP contribution in [0.3, 0.4) is 0 Å². The predicted octanol–water partition coefficient (Wildman–Crippen LogP) is 1.13. The van der Waals surface area contributed by atoms with Gasteiger partial charge in [-0.3, -0.25) is 9.48 Å². The number of aryl methyl sites for hydroxylation is 1. The number of carbonyl (C=O) groups excluding carboxylic acids is 1. The molecule has 1 heterocycles. The van der Waals surface area contributed by atoms with Crippen molar-refractivity contribution in [2.45, 2.75) is 6.54 Å². The van der Waals surface area contributed by atoms with Gasteiger partial charge in [-0.1, -0.05) is 12.1 Å². The topological polar surface area (TPSA) is 72.9 Å². The molecule has 5 nitrogen and oxygen atoms in total. The Morgan fingerprint density at radius 3 is 2.59 bits per heavy atom. The van der Waals surface area contributed by atoms with Crippen molar-refractivity contribution in [1.29, 1.82) is 0 Å². The lowest BCUT2D eigenvalue weighted by atomic mass is 10.2. The SMILES string of the molecule is Cn1nccc1C(=O)Nc1ccc(CN)cc1. The van der Waals surface area contributed by atoms with Gasteiger partial charge in [0.1, 0.15) is 5.69 Å². The van der Waals surface area contributed by atoms with Gasteiger partial charge in [0.15, 0.2) is 0 Å². The van der Waals surface area contributed by atoms with Crippen LogP contribution in [-0.2, 0) is 13.6 Å². The molecule has 2 rings (SSSR count). The van der Waals surface area contributed by atoms with E-state index in [0.29, 0.717) is 12.2 Å². The summed E-state index contributed by atoms with van der Waals surface area (Å²) in [5, 5.41) is 6.74. The zero-order chi connectivity index (χ0) is 12.3. The number of hydrogen-bond acceptors (Lipinski definition) is 3. The maximum absolute atomic E-state index is 11.9. The number of nitrogens with one attached hydrogen (secondary N) is 1. The molecule has 1 aromatic carbocycles. The molecule has 1 aromatic heterocycles. The average molecular weight is 230 g/mol. The van der Waals surface area contributed by atoms with Crippen LogP contribution in [0.2, 0.25) is 0 Å². The molecule has 0 aliphatic heterocycles. The molecule has 0 radical (unpaired) electrons. The third-order valence-electron chi connectivity index (χ3n) is 2.50. The van der Waals surface area contributed by atoms with E-state index in [9.17, 15) is 4.79 Å². The van der Waals surface area contributed by atoms with Crippen molar-refractivity contribution in [3.05, 3.63) is 47.8 Å². The van der Waals surface area contributed by atoms with Crippen LogP contribution in [0, 0.1) is 0 Å². The Morgan fingerprint density at radius 1 is 1.35 bits per heavy atom. The lowest BCUT2D eigenvalue weighted by molar-refractivity contribution is 0.101. The van der Waals surface area contributed by atoms with E-state index in [1.807, 2.05) is 24.3 Å². The summed E-state index contributed by atoms with van der Waals surface area (Å²) in [6.45, 7) is 0.496. The summed E-state index contributed by atoms with van der Waals surface area (Å²) in [4.78, 5) is 11.9. The number of nitrogens with zero attached hydrogens (tertiary/aromatic N) is 2. The second kappa shape index (κ2) is 4.80. The number of nitrogens with two attached hydrogens (primary N) is 1. The van der Waals surface area contributed by atoms with Crippen LogP contribution in [0.5, 0.6) is 0 Å². The molecule has 0 unspecified atom stereocenters. The van der Waals surface area contributed by atoms with Gasteiger partial charge in [0.05, 0.1) is 0 Å². The van der Waals surface area contributed by atoms with Crippen molar-refractivity contribution >= 4 is 11.6 Å². The number of anilines is 1. The third kappa shape index (κ3) is 2.51. The summed E-state index contributed by atoms with van der Waals surface area (Å²) in [5.41, 5.74) is 7.80. The van der Waals surface area contributed by atoms with Crippen LogP contribution >= 0.6 is 0 Å². The molecule has 3 N–H and O–H groups in total. The van der Waals surface area contributed by atoms with Gasteiger partial charge >= 0.3 is 0 Å². The van der Waals surface area contributed by atoms with Crippen LogP contribution in [0.4, 0.5) is 5.69 Å². The predicted molar refractivity (Wildman–Crippen MR) is 65.5 cm³/mol. The van der Waals surface area contributed by atoms with Crippen LogP contribution in [0.25, 0.3) is 0 Å². The normalized spacial score (nSPS) is 10.2. The molecule has 88 valence electrons. The van der Waals surface area contributed by atoms with Gasteiger partial charge in [-0.2, -0.15) is 5.10 Å². The standard InChI is InChI=1S/C12H14N4O/c1-16-11(6-7-14-16)12(17)15-10-4-2-9(8-13)3-5-10/h2-7H,8,13H2,1H3,(H,15,17). The van der Waals surface area contributed by atoms with Gasteiger partial charge in [0, 0.05) is 25.5 Å². The highest BCUT2D eigenvalue weighted by atomic mass is 16.2. The first kappa shape index (κ1) is 11.3. The van der Waals surface area contributed by atoms with Crippen LogP contribution in [0.1, 0.15) is 16.1 Å². The van der Waals surface area contributed by atoms with E-state index >= 15 is 0 Å². The first-order valence-corrected chi connectivity index (χ1v) is 5.29. The van der Waals surface area contributed by atoms with Gasteiger partial charge in [-0.25, -0.2) is 0 Å². The first-order chi connectivity index (χ1) is 8.20. The van der Waals surface area contributed by atoms with Crippen LogP contribution in [-0.4, -0.2) is 15.7 Å². The number of hydrogen-bond donors (Lipinski definition) is 2. The van der Waals surface area contributed by atoms with Crippen LogP contribution < -0.4 is 11.1 Å². The Hall–Kier alpha value is -2.14. The molecule has 0 aliphatic rings. The van der Waals surface area contributed by atoms with Crippen molar-refractivity contribution in [2.24, 2.45) is 12.8 Å². The van der Waals surface area contributed by atoms with Gasteiger partial charge < -0.3 is 11.1 Å². The fourth-order valence-corrected chi connectivity index (χ4v) is 1.52. The number of benzene rings is 1. The maximum atomic E-state index is 11.9. The highest BCUT2D eigenvalue weighted by molar-refractivity contribution is 6.02. The molecule has 0 bridgehead atoms. The summed E-state index contributed by atoms with van der Waals surface area (Å²) in [6.07, 6.45) is 1.59. The van der Waals surface area contributed by atoms with Crippen molar-refractivity contribution in [3.8, 4) is 0 Å². The second-order valence-electron chi connectivity index (χ2n) is 3.70. The molecule has 0 saturated carbocycles. The lowest BCUT2D eigenvalue weighted by Gasteiger charge is -2.06. The van der Waals surface area contributed by atoms with E-state index in [1.54, 1.807) is 19.3 Å². The Morgan fingerprint density at radius 2 is 2.06 bits per heavy atom. The Labute approximate surface area is 99.2 Å². The summed E-state index contributed by atoms with van der Waals surface area (Å²) in [5.74, 6) is -0.175. The van der Waals surface area contributed by atoms with Gasteiger partial charge in [-0.05, 0) is 23.8 Å². The smallest absolute Gasteiger partial charge is 0.273 e. The number of rotatable bonds is 3. The highest BCUT2D eigenvalue weighted by Crippen LogP contribution is 2.10. The monoisotopic (exact) mass is 230 g/mol. The van der Waals surface area contributed by atoms with Crippen LogP contribution in [0.15, 0.2) is 36.5 Å². The van der Waals surface area contributed by atoms with E-state index in [-0.39, 0.29) is 5.91 Å². The van der Waals surface area contributed by atoms with E-state index in [2.05, 4.69) is 10.4 Å². The molecule has 17 heavy (non-hydrogen) atoms. The molecule has 0 aliphatic carbocycles. The third-order valence-corrected chi connectivity index (χ3v) is 2.50. The quantitative estimate of drug-likeness (QED) is 0.830. The molecule has 1 amide bonds. The lowest BCUT2D eigenvalue weighted by Crippen LogP contribution is -2.16. The highest BCUT2D eigenvalue weighted by Gasteiger charge is 2.09. The number of carbonyl (C=O) groups is 1. The van der Waals surface area contributed by atoms with Crippen molar-refractivity contribution in [3.63, 3.8) is 0 Å². The van der Waals surface area contributed by atoms with E-state index in [4.69, 9.17) is 5.73 Å². The molecule has 0 saturated heterocycles. The van der Waals surface area contributed by atoms with E-state index < -0.39 is 0 Å². The molecule has 0 fully saturated rings. The molecular formula is C12H14N4O. The Balaban J connectivity index is 2.10. The van der Waals surface area contributed by atoms with Crippen molar-refractivity contribution in [2.75, 3.05) is 5.32 Å². The fraction of sp³-hybridized carbons (Fsp3) is 0.167. The summed E-state index contributed by atoms with van der Waals surface area (Å²) in [6, 6.07) is 9.11. The second-order valence-corrected chi connectivity index (χ2v) is 3.70. The minimum atomic E-state index is -0.175. The molecular weight excluding hydrogens is 216 g/mol. The molecule has 0 spiro atoms. The van der Waals surface area contributed by atoms with E-state index in [0.717, 1.165) is 11.3 Å². The molecule has 5 heteroatoms. The fourth-order valence-electron chi connectivity index (χ4n) is 1.52. The minimum absolute atomic E-state index is 0.175.